The van der Waals surface area contributed by atoms with Crippen LogP contribution < -0.4 is 9.47 Å². The first-order valence-corrected chi connectivity index (χ1v) is 9.90. The summed E-state index contributed by atoms with van der Waals surface area (Å²) in [4.78, 5) is 14.0. The van der Waals surface area contributed by atoms with Crippen LogP contribution >= 0.6 is 0 Å². The number of likely N-dealkylation sites (tertiary alicyclic amines) is 1. The molecule has 0 aliphatic carbocycles. The topological polar surface area (TPSA) is 76.2 Å². The summed E-state index contributed by atoms with van der Waals surface area (Å²) in [6.07, 6.45) is 3.43. The number of hydrogen-bond donors (Lipinski definition) is 0. The Balaban J connectivity index is 1.65. The van der Waals surface area contributed by atoms with Gasteiger partial charge in [-0.3, -0.25) is 4.79 Å². The Morgan fingerprint density at radius 1 is 1.21 bits per heavy atom. The lowest BCUT2D eigenvalue weighted by Crippen LogP contribution is -2.35. The van der Waals surface area contributed by atoms with E-state index < -0.39 is 10.0 Å². The maximum Gasteiger partial charge on any atom is 0.231 e. The first-order valence-electron chi connectivity index (χ1n) is 8.05. The molecular formula is C16H22N2O5S. The van der Waals surface area contributed by atoms with E-state index in [1.807, 2.05) is 6.07 Å². The van der Waals surface area contributed by atoms with Crippen LogP contribution in [0.25, 0.3) is 0 Å². The minimum atomic E-state index is -3.41. The minimum Gasteiger partial charge on any atom is -0.454 e. The van der Waals surface area contributed by atoms with Crippen LogP contribution in [0.3, 0.4) is 0 Å². The van der Waals surface area contributed by atoms with Crippen molar-refractivity contribution in [1.82, 2.24) is 9.21 Å². The Morgan fingerprint density at radius 3 is 2.62 bits per heavy atom. The van der Waals surface area contributed by atoms with Crippen molar-refractivity contribution in [3.05, 3.63) is 23.8 Å². The van der Waals surface area contributed by atoms with E-state index in [0.29, 0.717) is 11.5 Å². The summed E-state index contributed by atoms with van der Waals surface area (Å²) in [6, 6.07) is 5.37. The highest BCUT2D eigenvalue weighted by Crippen LogP contribution is 2.33. The fourth-order valence-electron chi connectivity index (χ4n) is 2.95. The van der Waals surface area contributed by atoms with Crippen molar-refractivity contribution in [2.75, 3.05) is 32.7 Å². The highest BCUT2D eigenvalue weighted by Gasteiger charge is 2.23. The molecule has 0 aromatic heterocycles. The average molecular weight is 354 g/mol. The van der Waals surface area contributed by atoms with E-state index in [1.165, 1.54) is 10.6 Å². The minimum absolute atomic E-state index is 0.0202. The zero-order valence-corrected chi connectivity index (χ0v) is 14.5. The number of sulfonamides is 1. The van der Waals surface area contributed by atoms with Crippen molar-refractivity contribution >= 4 is 15.9 Å². The van der Waals surface area contributed by atoms with E-state index in [4.69, 9.17) is 9.47 Å². The van der Waals surface area contributed by atoms with Gasteiger partial charge >= 0.3 is 0 Å². The zero-order chi connectivity index (χ0) is 17.2. The molecule has 132 valence electrons. The molecule has 0 N–H and O–H groups in total. The summed E-state index contributed by atoms with van der Waals surface area (Å²) in [5, 5.41) is 0. The van der Waals surface area contributed by atoms with Gasteiger partial charge in [-0.05, 0) is 30.5 Å². The second-order valence-electron chi connectivity index (χ2n) is 6.12. The van der Waals surface area contributed by atoms with E-state index in [9.17, 15) is 13.2 Å². The molecule has 0 atom stereocenters. The van der Waals surface area contributed by atoms with Crippen molar-refractivity contribution in [2.24, 2.45) is 0 Å². The standard InChI is InChI=1S/C16H22N2O5S/c1-24(20,21)18(9-6-16(19)17-7-2-3-8-17)11-13-4-5-14-15(10-13)23-12-22-14/h4-5,10H,2-3,6-9,11-12H2,1H3. The Bertz CT molecular complexity index is 713. The van der Waals surface area contributed by atoms with Gasteiger partial charge in [-0.25, -0.2) is 8.42 Å². The van der Waals surface area contributed by atoms with Crippen molar-refractivity contribution < 1.29 is 22.7 Å². The van der Waals surface area contributed by atoms with Gasteiger partial charge in [0.15, 0.2) is 11.5 Å². The number of amides is 1. The molecule has 2 aliphatic rings. The SMILES string of the molecule is CS(=O)(=O)N(CCC(=O)N1CCCC1)Cc1ccc2c(c1)OCO2. The molecule has 1 aromatic rings. The fraction of sp³-hybridized carbons (Fsp3) is 0.562. The zero-order valence-electron chi connectivity index (χ0n) is 13.7. The molecule has 2 heterocycles. The number of ether oxygens (including phenoxy) is 2. The number of carbonyl (C=O) groups is 1. The third-order valence-electron chi connectivity index (χ3n) is 4.30. The molecule has 0 radical (unpaired) electrons. The molecule has 2 aliphatic heterocycles. The number of rotatable bonds is 6. The maximum absolute atomic E-state index is 12.2. The molecule has 1 fully saturated rings. The van der Waals surface area contributed by atoms with Crippen LogP contribution in [0.15, 0.2) is 18.2 Å². The van der Waals surface area contributed by atoms with Gasteiger partial charge in [-0.2, -0.15) is 4.31 Å². The maximum atomic E-state index is 12.2. The number of hydrogen-bond acceptors (Lipinski definition) is 5. The Hall–Kier alpha value is -1.80. The first kappa shape index (κ1) is 17.0. The molecule has 24 heavy (non-hydrogen) atoms. The molecule has 0 bridgehead atoms. The number of fused-ring (bicyclic) bond motifs is 1. The Morgan fingerprint density at radius 2 is 1.92 bits per heavy atom. The lowest BCUT2D eigenvalue weighted by Gasteiger charge is -2.22. The molecule has 3 rings (SSSR count). The van der Waals surface area contributed by atoms with Crippen LogP contribution in [-0.4, -0.2) is 56.2 Å². The van der Waals surface area contributed by atoms with Gasteiger partial charge in [0.2, 0.25) is 22.7 Å². The second-order valence-corrected chi connectivity index (χ2v) is 8.10. The van der Waals surface area contributed by atoms with Gasteiger partial charge in [-0.15, -0.1) is 0 Å². The predicted octanol–water partition coefficient (Wildman–Crippen LogP) is 1.19. The van der Waals surface area contributed by atoms with E-state index in [-0.39, 0.29) is 32.2 Å². The van der Waals surface area contributed by atoms with Crippen molar-refractivity contribution in [3.63, 3.8) is 0 Å². The molecule has 1 amide bonds. The number of benzene rings is 1. The molecule has 8 heteroatoms. The van der Waals surface area contributed by atoms with Crippen molar-refractivity contribution in [1.29, 1.82) is 0 Å². The van der Waals surface area contributed by atoms with Crippen LogP contribution in [0, 0.1) is 0 Å². The average Bonchev–Trinajstić information content (AvgIpc) is 3.20. The van der Waals surface area contributed by atoms with Gasteiger partial charge in [0.05, 0.1) is 6.26 Å². The summed E-state index contributed by atoms with van der Waals surface area (Å²) in [5.74, 6) is 1.30. The van der Waals surface area contributed by atoms with Crippen LogP contribution in [0.1, 0.15) is 24.8 Å². The molecule has 0 unspecified atom stereocenters. The fourth-order valence-corrected chi connectivity index (χ4v) is 3.76. The highest BCUT2D eigenvalue weighted by molar-refractivity contribution is 7.88. The summed E-state index contributed by atoms with van der Waals surface area (Å²) in [6.45, 7) is 2.13. The smallest absolute Gasteiger partial charge is 0.231 e. The largest absolute Gasteiger partial charge is 0.454 e. The van der Waals surface area contributed by atoms with Gasteiger partial charge in [0.25, 0.3) is 0 Å². The molecule has 7 nitrogen and oxygen atoms in total. The van der Waals surface area contributed by atoms with Gasteiger partial charge < -0.3 is 14.4 Å². The van der Waals surface area contributed by atoms with E-state index in [1.54, 1.807) is 17.0 Å². The quantitative estimate of drug-likeness (QED) is 0.767. The van der Waals surface area contributed by atoms with Crippen molar-refractivity contribution in [3.8, 4) is 11.5 Å². The molecular weight excluding hydrogens is 332 g/mol. The van der Waals surface area contributed by atoms with Crippen molar-refractivity contribution in [2.45, 2.75) is 25.8 Å². The summed E-state index contributed by atoms with van der Waals surface area (Å²) >= 11 is 0. The van der Waals surface area contributed by atoms with Gasteiger partial charge in [-0.1, -0.05) is 6.07 Å². The third-order valence-corrected chi connectivity index (χ3v) is 5.55. The highest BCUT2D eigenvalue weighted by atomic mass is 32.2. The molecule has 1 saturated heterocycles. The first-order chi connectivity index (χ1) is 11.4. The molecule has 1 aromatic carbocycles. The van der Waals surface area contributed by atoms with E-state index in [2.05, 4.69) is 0 Å². The third kappa shape index (κ3) is 3.99. The van der Waals surface area contributed by atoms with Gasteiger partial charge in [0.1, 0.15) is 0 Å². The summed E-state index contributed by atoms with van der Waals surface area (Å²) in [5.41, 5.74) is 0.804. The summed E-state index contributed by atoms with van der Waals surface area (Å²) in [7, 11) is -3.41. The lowest BCUT2D eigenvalue weighted by molar-refractivity contribution is -0.130. The number of nitrogens with zero attached hydrogens (tertiary/aromatic N) is 2. The normalized spacial score (nSPS) is 16.8. The summed E-state index contributed by atoms with van der Waals surface area (Å²) < 4.78 is 36.0. The van der Waals surface area contributed by atoms with Crippen LogP contribution in [0.2, 0.25) is 0 Å². The Kier molecular flexibility index (Phi) is 4.96. The second kappa shape index (κ2) is 6.98. The van der Waals surface area contributed by atoms with Gasteiger partial charge in [0, 0.05) is 32.6 Å². The monoisotopic (exact) mass is 354 g/mol. The Labute approximate surface area is 142 Å². The predicted molar refractivity (Wildman–Crippen MR) is 88.2 cm³/mol. The molecule has 0 saturated carbocycles. The van der Waals surface area contributed by atoms with Crippen LogP contribution in [0.4, 0.5) is 0 Å². The number of carbonyl (C=O) groups excluding carboxylic acids is 1. The van der Waals surface area contributed by atoms with E-state index >= 15 is 0 Å². The van der Waals surface area contributed by atoms with Crippen LogP contribution in [0.5, 0.6) is 11.5 Å². The molecule has 0 spiro atoms. The lowest BCUT2D eigenvalue weighted by atomic mass is 10.2. The van der Waals surface area contributed by atoms with Crippen LogP contribution in [-0.2, 0) is 21.4 Å². The van der Waals surface area contributed by atoms with E-state index in [0.717, 1.165) is 31.5 Å².